The molecule has 0 fully saturated rings. The van der Waals surface area contributed by atoms with Gasteiger partial charge in [-0.1, -0.05) is 5.16 Å². The van der Waals surface area contributed by atoms with Crippen molar-refractivity contribution in [3.8, 4) is 11.3 Å². The van der Waals surface area contributed by atoms with Crippen LogP contribution in [-0.4, -0.2) is 16.2 Å². The van der Waals surface area contributed by atoms with Crippen molar-refractivity contribution in [3.05, 3.63) is 41.3 Å². The van der Waals surface area contributed by atoms with Gasteiger partial charge in [0.2, 0.25) is 0 Å². The Morgan fingerprint density at radius 1 is 1.32 bits per heavy atom. The second-order valence-electron chi connectivity index (χ2n) is 3.56. The van der Waals surface area contributed by atoms with Gasteiger partial charge in [0.15, 0.2) is 5.76 Å². The first kappa shape index (κ1) is 13.1. The minimum atomic E-state index is -4.85. The maximum Gasteiger partial charge on any atom is 0.417 e. The lowest BCUT2D eigenvalue weighted by molar-refractivity contribution is -0.137. The summed E-state index contributed by atoms with van der Waals surface area (Å²) in [5.74, 6) is -3.15. The fourth-order valence-electron chi connectivity index (χ4n) is 1.54. The van der Waals surface area contributed by atoms with Gasteiger partial charge >= 0.3 is 12.1 Å². The molecule has 0 saturated carbocycles. The maximum atomic E-state index is 12.9. The van der Waals surface area contributed by atoms with Crippen molar-refractivity contribution < 1.29 is 32.0 Å². The van der Waals surface area contributed by atoms with Crippen molar-refractivity contribution in [2.75, 3.05) is 0 Å². The standard InChI is InChI=1S/C11H5F4NO3/c12-5-1-2-6(8(3-5)11(13,14)15)9-7(10(17)18)4-16-19-9/h1-4H,(H,17,18). The number of rotatable bonds is 2. The van der Waals surface area contributed by atoms with E-state index in [1.54, 1.807) is 0 Å². The van der Waals surface area contributed by atoms with Crippen LogP contribution in [0.4, 0.5) is 17.6 Å². The number of hydrogen-bond acceptors (Lipinski definition) is 3. The van der Waals surface area contributed by atoms with Crippen LogP contribution in [-0.2, 0) is 6.18 Å². The Morgan fingerprint density at radius 3 is 2.58 bits per heavy atom. The molecular formula is C11H5F4NO3. The van der Waals surface area contributed by atoms with Gasteiger partial charge in [-0.05, 0) is 18.2 Å². The number of alkyl halides is 3. The number of carboxylic acids is 1. The molecule has 0 aliphatic carbocycles. The molecule has 4 nitrogen and oxygen atoms in total. The number of halogens is 4. The van der Waals surface area contributed by atoms with Crippen LogP contribution in [0.2, 0.25) is 0 Å². The monoisotopic (exact) mass is 275 g/mol. The molecule has 0 bridgehead atoms. The van der Waals surface area contributed by atoms with E-state index in [0.717, 1.165) is 18.3 Å². The van der Waals surface area contributed by atoms with Crippen LogP contribution in [0.3, 0.4) is 0 Å². The molecule has 0 atom stereocenters. The van der Waals surface area contributed by atoms with Crippen molar-refractivity contribution >= 4 is 5.97 Å². The molecule has 2 rings (SSSR count). The number of aromatic carboxylic acids is 1. The van der Waals surface area contributed by atoms with E-state index in [1.165, 1.54) is 0 Å². The van der Waals surface area contributed by atoms with Gasteiger partial charge in [-0.25, -0.2) is 9.18 Å². The molecule has 19 heavy (non-hydrogen) atoms. The Balaban J connectivity index is 2.69. The fourth-order valence-corrected chi connectivity index (χ4v) is 1.54. The summed E-state index contributed by atoms with van der Waals surface area (Å²) in [5, 5.41) is 12.0. The SMILES string of the molecule is O=C(O)c1cnoc1-c1ccc(F)cc1C(F)(F)F. The first-order chi connectivity index (χ1) is 8.80. The first-order valence-electron chi connectivity index (χ1n) is 4.86. The topological polar surface area (TPSA) is 63.3 Å². The van der Waals surface area contributed by atoms with E-state index in [-0.39, 0.29) is 6.07 Å². The lowest BCUT2D eigenvalue weighted by atomic mass is 10.0. The summed E-state index contributed by atoms with van der Waals surface area (Å²) in [4.78, 5) is 10.8. The van der Waals surface area contributed by atoms with Crippen molar-refractivity contribution in [2.24, 2.45) is 0 Å². The molecule has 0 saturated heterocycles. The van der Waals surface area contributed by atoms with E-state index in [9.17, 15) is 22.4 Å². The van der Waals surface area contributed by atoms with E-state index >= 15 is 0 Å². The van der Waals surface area contributed by atoms with Crippen LogP contribution in [0.25, 0.3) is 11.3 Å². The van der Waals surface area contributed by atoms with Crippen molar-refractivity contribution in [1.29, 1.82) is 0 Å². The third-order valence-corrected chi connectivity index (χ3v) is 2.33. The Hall–Kier alpha value is -2.38. The molecule has 100 valence electrons. The van der Waals surface area contributed by atoms with Gasteiger partial charge < -0.3 is 9.63 Å². The molecule has 1 heterocycles. The summed E-state index contributed by atoms with van der Waals surface area (Å²) >= 11 is 0. The first-order valence-corrected chi connectivity index (χ1v) is 4.86. The smallest absolute Gasteiger partial charge is 0.417 e. The van der Waals surface area contributed by atoms with Gasteiger partial charge in [-0.2, -0.15) is 13.2 Å². The fraction of sp³-hybridized carbons (Fsp3) is 0.0909. The van der Waals surface area contributed by atoms with Crippen molar-refractivity contribution in [3.63, 3.8) is 0 Å². The zero-order valence-electron chi connectivity index (χ0n) is 9.03. The Morgan fingerprint density at radius 2 is 2.00 bits per heavy atom. The van der Waals surface area contributed by atoms with Gasteiger partial charge in [0.25, 0.3) is 0 Å². The summed E-state index contributed by atoms with van der Waals surface area (Å²) in [5.41, 5.74) is -2.44. The average molecular weight is 275 g/mol. The molecule has 2 aromatic rings. The summed E-state index contributed by atoms with van der Waals surface area (Å²) < 4.78 is 55.8. The second-order valence-corrected chi connectivity index (χ2v) is 3.56. The van der Waals surface area contributed by atoms with Crippen LogP contribution in [0.15, 0.2) is 28.9 Å². The number of carboxylic acid groups (broad SMARTS) is 1. The van der Waals surface area contributed by atoms with E-state index in [2.05, 4.69) is 9.68 Å². The van der Waals surface area contributed by atoms with Gasteiger partial charge in [0.05, 0.1) is 11.8 Å². The van der Waals surface area contributed by atoms with Crippen LogP contribution >= 0.6 is 0 Å². The van der Waals surface area contributed by atoms with E-state index in [0.29, 0.717) is 0 Å². The summed E-state index contributed by atoms with van der Waals surface area (Å²) in [6, 6.07) is 1.84. The minimum Gasteiger partial charge on any atom is -0.477 e. The third kappa shape index (κ3) is 2.42. The van der Waals surface area contributed by atoms with E-state index < -0.39 is 40.4 Å². The van der Waals surface area contributed by atoms with Crippen LogP contribution in [0, 0.1) is 5.82 Å². The van der Waals surface area contributed by atoms with E-state index in [1.807, 2.05) is 0 Å². The highest BCUT2D eigenvalue weighted by Crippen LogP contribution is 2.38. The molecule has 8 heteroatoms. The molecule has 0 aliphatic rings. The molecule has 0 amide bonds. The normalized spacial score (nSPS) is 11.6. The third-order valence-electron chi connectivity index (χ3n) is 2.33. The highest BCUT2D eigenvalue weighted by atomic mass is 19.4. The Labute approximate surface area is 103 Å². The zero-order chi connectivity index (χ0) is 14.2. The number of nitrogens with zero attached hydrogens (tertiary/aromatic N) is 1. The van der Waals surface area contributed by atoms with Gasteiger partial charge in [0.1, 0.15) is 11.4 Å². The highest BCUT2D eigenvalue weighted by molar-refractivity contribution is 5.94. The lowest BCUT2D eigenvalue weighted by Gasteiger charge is -2.11. The van der Waals surface area contributed by atoms with Gasteiger partial charge in [0, 0.05) is 5.56 Å². The number of hydrogen-bond donors (Lipinski definition) is 1. The largest absolute Gasteiger partial charge is 0.477 e. The van der Waals surface area contributed by atoms with Crippen molar-refractivity contribution in [1.82, 2.24) is 5.16 Å². The number of aromatic nitrogens is 1. The molecule has 0 aliphatic heterocycles. The molecule has 0 spiro atoms. The zero-order valence-corrected chi connectivity index (χ0v) is 9.03. The highest BCUT2D eigenvalue weighted by Gasteiger charge is 2.36. The summed E-state index contributed by atoms with van der Waals surface area (Å²) in [6.07, 6.45) is -4.07. The van der Waals surface area contributed by atoms with Gasteiger partial charge in [-0.15, -0.1) is 0 Å². The van der Waals surface area contributed by atoms with Crippen molar-refractivity contribution in [2.45, 2.75) is 6.18 Å². The molecular weight excluding hydrogens is 270 g/mol. The molecule has 0 unspecified atom stereocenters. The number of carbonyl (C=O) groups is 1. The van der Waals surface area contributed by atoms with Crippen LogP contribution in [0.5, 0.6) is 0 Å². The second kappa shape index (κ2) is 4.38. The molecule has 1 N–H and O–H groups in total. The Kier molecular flexibility index (Phi) is 3.01. The molecule has 1 aromatic heterocycles. The molecule has 0 radical (unpaired) electrons. The van der Waals surface area contributed by atoms with E-state index in [4.69, 9.17) is 5.11 Å². The predicted molar refractivity (Wildman–Crippen MR) is 53.9 cm³/mol. The summed E-state index contributed by atoms with van der Waals surface area (Å²) in [6.45, 7) is 0. The Bertz CT molecular complexity index is 633. The lowest BCUT2D eigenvalue weighted by Crippen LogP contribution is -2.08. The quantitative estimate of drug-likeness (QED) is 0.855. The average Bonchev–Trinajstić information content (AvgIpc) is 2.76. The minimum absolute atomic E-state index is 0.267. The number of benzene rings is 1. The predicted octanol–water partition coefficient (Wildman–Crippen LogP) is 3.20. The van der Waals surface area contributed by atoms with Crippen LogP contribution in [0.1, 0.15) is 15.9 Å². The maximum absolute atomic E-state index is 12.9. The van der Waals surface area contributed by atoms with Gasteiger partial charge in [-0.3, -0.25) is 0 Å². The van der Waals surface area contributed by atoms with Crippen LogP contribution < -0.4 is 0 Å². The summed E-state index contributed by atoms with van der Waals surface area (Å²) in [7, 11) is 0. The molecule has 1 aromatic carbocycles.